The van der Waals surface area contributed by atoms with Crippen molar-refractivity contribution in [2.75, 3.05) is 6.61 Å². The molecule has 0 spiro atoms. The topological polar surface area (TPSA) is 108 Å². The van der Waals surface area contributed by atoms with Crippen LogP contribution in [0.2, 0.25) is 0 Å². The van der Waals surface area contributed by atoms with E-state index < -0.39 is 0 Å². The molecule has 0 radical (unpaired) electrons. The maximum absolute atomic E-state index is 6.17. The van der Waals surface area contributed by atoms with Crippen LogP contribution in [0.5, 0.6) is 0 Å². The standard InChI is InChI=1S/C21H21N3OS.C16H21BO3.C10H10BrN3OS/c1-13-20(17-10-6-4-8-15-7-3-5-9-16(15)17)18-11-25-12-19-23-22-14(2)24(19)21(18)26-13;1-15(2)16(3,4)20-17(19-15)14-9-10-18-11-12-7-5-6-8-13(12)14;1-5-9(11)7-3-15-4-8-13-12-6(2)14(8)10(7)16-5/h3,5,7,9-10H,4,6,8,11-12H2,1-2H3;5-9H,10-11H2,1-4H3;3-4H2,1-2H3. The maximum atomic E-state index is 6.17. The van der Waals surface area contributed by atoms with Gasteiger partial charge in [-0.3, -0.25) is 9.13 Å². The summed E-state index contributed by atoms with van der Waals surface area (Å²) in [5.41, 5.74) is 10.8. The fourth-order valence-electron chi connectivity index (χ4n) is 8.56. The number of ether oxygens (including phenoxy) is 3. The molecule has 4 aliphatic heterocycles. The van der Waals surface area contributed by atoms with Gasteiger partial charge >= 0.3 is 7.12 Å². The van der Waals surface area contributed by atoms with Crippen molar-refractivity contribution < 1.29 is 23.5 Å². The molecular weight excluding hydrogens is 883 g/mol. The van der Waals surface area contributed by atoms with Crippen LogP contribution in [0.4, 0.5) is 0 Å². The number of halogens is 1. The molecule has 11 nitrogen and oxygen atoms in total. The van der Waals surface area contributed by atoms with E-state index in [-0.39, 0.29) is 18.3 Å². The van der Waals surface area contributed by atoms with E-state index in [4.69, 9.17) is 23.5 Å². The third-order valence-electron chi connectivity index (χ3n) is 12.5. The Labute approximate surface area is 380 Å². The van der Waals surface area contributed by atoms with Gasteiger partial charge in [0.25, 0.3) is 0 Å². The highest BCUT2D eigenvalue weighted by atomic mass is 79.9. The van der Waals surface area contributed by atoms with Crippen molar-refractivity contribution in [2.24, 2.45) is 0 Å². The van der Waals surface area contributed by atoms with E-state index in [0.717, 1.165) is 46.1 Å². The molecule has 6 aromatic rings. The lowest BCUT2D eigenvalue weighted by Gasteiger charge is -2.32. The summed E-state index contributed by atoms with van der Waals surface area (Å²) in [6.07, 6.45) is 7.97. The van der Waals surface area contributed by atoms with E-state index in [2.05, 4.69) is 136 Å². The number of aromatic nitrogens is 6. The van der Waals surface area contributed by atoms with Gasteiger partial charge in [-0.05, 0) is 124 Å². The van der Waals surface area contributed by atoms with Gasteiger partial charge in [-0.25, -0.2) is 0 Å². The first-order valence-electron chi connectivity index (χ1n) is 21.2. The van der Waals surface area contributed by atoms with Crippen LogP contribution in [-0.4, -0.2) is 54.5 Å². The number of rotatable bonds is 2. The van der Waals surface area contributed by atoms with Crippen molar-refractivity contribution in [3.05, 3.63) is 137 Å². The molecule has 5 aliphatic rings. The molecule has 1 fully saturated rings. The average Bonchev–Trinajstić information content (AvgIpc) is 3.83. The van der Waals surface area contributed by atoms with Crippen molar-refractivity contribution in [3.63, 3.8) is 0 Å². The van der Waals surface area contributed by atoms with E-state index in [1.165, 1.54) is 70.7 Å². The summed E-state index contributed by atoms with van der Waals surface area (Å²) in [6, 6.07) is 17.1. The molecule has 0 amide bonds. The summed E-state index contributed by atoms with van der Waals surface area (Å²) in [6.45, 7) is 20.1. The molecule has 1 saturated heterocycles. The van der Waals surface area contributed by atoms with Gasteiger partial charge in [0, 0.05) is 30.9 Å². The Kier molecular flexibility index (Phi) is 12.2. The van der Waals surface area contributed by atoms with Crippen LogP contribution in [0.25, 0.3) is 21.0 Å². The van der Waals surface area contributed by atoms with Gasteiger partial charge < -0.3 is 23.5 Å². The van der Waals surface area contributed by atoms with Crippen molar-refractivity contribution in [2.45, 2.75) is 119 Å². The van der Waals surface area contributed by atoms with Crippen LogP contribution < -0.4 is 0 Å². The van der Waals surface area contributed by atoms with Gasteiger partial charge in [0.05, 0.1) is 37.6 Å². The van der Waals surface area contributed by atoms with Gasteiger partial charge in [0.15, 0.2) is 11.6 Å². The lowest BCUT2D eigenvalue weighted by molar-refractivity contribution is 0.00578. The molecule has 4 aromatic heterocycles. The minimum Gasteiger partial charge on any atom is -0.399 e. The van der Waals surface area contributed by atoms with Gasteiger partial charge in [0.1, 0.15) is 34.9 Å². The van der Waals surface area contributed by atoms with Crippen molar-refractivity contribution in [3.8, 4) is 10.0 Å². The first-order valence-corrected chi connectivity index (χ1v) is 23.6. The summed E-state index contributed by atoms with van der Waals surface area (Å²) in [7, 11) is -0.331. The lowest BCUT2D eigenvalue weighted by atomic mass is 9.73. The highest BCUT2D eigenvalue weighted by Gasteiger charge is 2.52. The highest BCUT2D eigenvalue weighted by Crippen LogP contribution is 2.44. The van der Waals surface area contributed by atoms with Gasteiger partial charge in [-0.1, -0.05) is 60.7 Å². The van der Waals surface area contributed by atoms with E-state index in [1.54, 1.807) is 11.3 Å². The summed E-state index contributed by atoms with van der Waals surface area (Å²) >= 11 is 7.19. The molecule has 8 heterocycles. The Hall–Kier alpha value is -4.06. The van der Waals surface area contributed by atoms with Gasteiger partial charge in [-0.15, -0.1) is 43.1 Å². The first-order chi connectivity index (χ1) is 29.8. The van der Waals surface area contributed by atoms with Crippen LogP contribution in [0.1, 0.15) is 113 Å². The van der Waals surface area contributed by atoms with Crippen molar-refractivity contribution >= 4 is 56.8 Å². The monoisotopic (exact) mass is 934 g/mol. The van der Waals surface area contributed by atoms with Gasteiger partial charge in [-0.2, -0.15) is 0 Å². The second-order valence-electron chi connectivity index (χ2n) is 17.1. The molecule has 0 N–H and O–H groups in total. The van der Waals surface area contributed by atoms with Crippen LogP contribution in [0.15, 0.2) is 65.2 Å². The third kappa shape index (κ3) is 8.04. The normalized spacial score (nSPS) is 18.2. The fourth-order valence-corrected chi connectivity index (χ4v) is 11.6. The summed E-state index contributed by atoms with van der Waals surface area (Å²) in [5.74, 6) is 3.61. The number of nitrogens with zero attached hydrogens (tertiary/aromatic N) is 6. The smallest absolute Gasteiger partial charge is 0.399 e. The second kappa shape index (κ2) is 17.5. The number of hydrogen-bond donors (Lipinski definition) is 0. The summed E-state index contributed by atoms with van der Waals surface area (Å²) in [5, 5.41) is 19.2. The molecule has 2 aromatic carbocycles. The number of fused-ring (bicyclic) bond motifs is 8. The minimum absolute atomic E-state index is 0.319. The van der Waals surface area contributed by atoms with E-state index >= 15 is 0 Å². The molecular formula is C47H52BBrN6O5S2. The van der Waals surface area contributed by atoms with Crippen LogP contribution >= 0.6 is 38.6 Å². The molecule has 62 heavy (non-hydrogen) atoms. The zero-order valence-electron chi connectivity index (χ0n) is 36.6. The van der Waals surface area contributed by atoms with Crippen LogP contribution in [-0.2, 0) is 63.0 Å². The minimum atomic E-state index is -0.331. The lowest BCUT2D eigenvalue weighted by Crippen LogP contribution is -2.41. The largest absolute Gasteiger partial charge is 0.495 e. The number of aryl methyl sites for hydroxylation is 5. The molecule has 0 saturated carbocycles. The van der Waals surface area contributed by atoms with Crippen LogP contribution in [0, 0.1) is 27.7 Å². The molecule has 0 atom stereocenters. The Bertz CT molecular complexity index is 2690. The van der Waals surface area contributed by atoms with Crippen molar-refractivity contribution in [1.82, 2.24) is 29.5 Å². The van der Waals surface area contributed by atoms with Gasteiger partial charge in [0.2, 0.25) is 0 Å². The second-order valence-corrected chi connectivity index (χ2v) is 20.3. The quantitative estimate of drug-likeness (QED) is 0.157. The number of benzene rings is 2. The van der Waals surface area contributed by atoms with Crippen LogP contribution in [0.3, 0.4) is 0 Å². The molecule has 1 aliphatic carbocycles. The number of allylic oxidation sites excluding steroid dienone is 1. The summed E-state index contributed by atoms with van der Waals surface area (Å²) in [4.78, 5) is 2.59. The molecule has 322 valence electrons. The highest BCUT2D eigenvalue weighted by molar-refractivity contribution is 9.10. The predicted octanol–water partition coefficient (Wildman–Crippen LogP) is 10.7. The summed E-state index contributed by atoms with van der Waals surface area (Å²) < 4.78 is 35.0. The zero-order valence-corrected chi connectivity index (χ0v) is 39.9. The first kappa shape index (κ1) is 43.2. The molecule has 11 rings (SSSR count). The fraction of sp³-hybridized carbons (Fsp3) is 0.404. The average molecular weight is 936 g/mol. The maximum Gasteiger partial charge on any atom is 0.495 e. The third-order valence-corrected chi connectivity index (χ3v) is 16.1. The number of thiophene rings is 2. The molecule has 0 unspecified atom stereocenters. The van der Waals surface area contributed by atoms with Crippen molar-refractivity contribution in [1.29, 1.82) is 0 Å². The number of hydrogen-bond acceptors (Lipinski definition) is 11. The van der Waals surface area contributed by atoms with E-state index in [1.807, 2.05) is 37.3 Å². The SMILES string of the molecule is CC1(C)OB(C2=CCOCc3ccccc32)OC1(C)C.Cc1sc2c(c1Br)COCc1nnc(C)n1-2.Cc1sc2c(c1C1=CCCCc3ccccc31)COCc1nnc(C)n1-2. The zero-order chi connectivity index (χ0) is 43.3. The Morgan fingerprint density at radius 1 is 0.645 bits per heavy atom. The predicted molar refractivity (Wildman–Crippen MR) is 249 cm³/mol. The Morgan fingerprint density at radius 2 is 1.23 bits per heavy atom. The van der Waals surface area contributed by atoms with E-state index in [0.29, 0.717) is 39.6 Å². The Balaban J connectivity index is 0.000000122. The molecule has 15 heteroatoms. The Morgan fingerprint density at radius 3 is 1.90 bits per heavy atom. The molecule has 0 bridgehead atoms. The van der Waals surface area contributed by atoms with E-state index in [9.17, 15) is 0 Å².